The van der Waals surface area contributed by atoms with Crippen molar-refractivity contribution in [3.63, 3.8) is 0 Å². The molecule has 2 aliphatic rings. The third-order valence-corrected chi connectivity index (χ3v) is 6.17. The summed E-state index contributed by atoms with van der Waals surface area (Å²) >= 11 is 0. The smallest absolute Gasteiger partial charge is 0.239 e. The molecule has 0 radical (unpaired) electrons. The molecule has 32 heavy (non-hydrogen) atoms. The van der Waals surface area contributed by atoms with E-state index in [1.807, 2.05) is 16.8 Å². The Balaban J connectivity index is 1.49. The summed E-state index contributed by atoms with van der Waals surface area (Å²) in [5.41, 5.74) is 4.73. The van der Waals surface area contributed by atoms with Crippen molar-refractivity contribution >= 4 is 11.7 Å². The quantitative estimate of drug-likeness (QED) is 0.668. The number of nitrogens with zero attached hydrogens (tertiary/aromatic N) is 5. The first kappa shape index (κ1) is 20.8. The van der Waals surface area contributed by atoms with Gasteiger partial charge in [-0.3, -0.25) is 19.3 Å². The first-order valence-electron chi connectivity index (χ1n) is 11.1. The first-order chi connectivity index (χ1) is 15.6. The van der Waals surface area contributed by atoms with E-state index in [-0.39, 0.29) is 11.7 Å². The van der Waals surface area contributed by atoms with Crippen LogP contribution in [0.25, 0.3) is 22.4 Å². The first-order valence-corrected chi connectivity index (χ1v) is 11.1. The topological polar surface area (TPSA) is 66.3 Å². The van der Waals surface area contributed by atoms with E-state index >= 15 is 0 Å². The minimum atomic E-state index is -0.272. The number of hydrogen-bond donors (Lipinski definition) is 1. The fourth-order valence-electron chi connectivity index (χ4n) is 4.54. The number of nitrogens with one attached hydrogen (secondary N) is 1. The summed E-state index contributed by atoms with van der Waals surface area (Å²) in [4.78, 5) is 21.3. The number of fused-ring (bicyclic) bond motifs is 1. The molecular weight excluding hydrogens is 407 g/mol. The van der Waals surface area contributed by atoms with E-state index < -0.39 is 0 Å². The Morgan fingerprint density at radius 1 is 1.06 bits per heavy atom. The molecule has 1 amide bonds. The van der Waals surface area contributed by atoms with E-state index in [0.717, 1.165) is 73.6 Å². The standard InChI is InChI=1S/C24H27FN6O/c1-29-12-13-31-20(15-29)23(24(28-31)17-4-6-19(25)7-5-17)18-8-9-26-21(14-18)27-22(32)16-30-10-2-3-11-30/h4-9,14H,2-3,10-13,15-16H2,1H3,(H,26,27,32). The van der Waals surface area contributed by atoms with Gasteiger partial charge in [-0.05, 0) is 74.9 Å². The van der Waals surface area contributed by atoms with E-state index in [0.29, 0.717) is 12.4 Å². The average Bonchev–Trinajstić information content (AvgIpc) is 3.41. The fraction of sp³-hybridized carbons (Fsp3) is 0.375. The average molecular weight is 435 g/mol. The molecule has 2 aromatic heterocycles. The monoisotopic (exact) mass is 434 g/mol. The van der Waals surface area contributed by atoms with Crippen LogP contribution < -0.4 is 5.32 Å². The summed E-state index contributed by atoms with van der Waals surface area (Å²) in [6.45, 7) is 4.81. The van der Waals surface area contributed by atoms with E-state index in [2.05, 4.69) is 27.1 Å². The molecule has 4 heterocycles. The Morgan fingerprint density at radius 2 is 1.84 bits per heavy atom. The van der Waals surface area contributed by atoms with Gasteiger partial charge in [-0.2, -0.15) is 5.10 Å². The fourth-order valence-corrected chi connectivity index (χ4v) is 4.54. The molecule has 5 rings (SSSR count). The largest absolute Gasteiger partial charge is 0.310 e. The van der Waals surface area contributed by atoms with Gasteiger partial charge in [0.2, 0.25) is 5.91 Å². The third-order valence-electron chi connectivity index (χ3n) is 6.17. The van der Waals surface area contributed by atoms with Gasteiger partial charge in [-0.1, -0.05) is 0 Å². The number of carbonyl (C=O) groups excluding carboxylic acids is 1. The maximum absolute atomic E-state index is 13.5. The second kappa shape index (κ2) is 8.80. The van der Waals surface area contributed by atoms with Crippen LogP contribution in [0.1, 0.15) is 18.5 Å². The van der Waals surface area contributed by atoms with Crippen molar-refractivity contribution in [3.05, 3.63) is 54.1 Å². The number of carbonyl (C=O) groups is 1. The Morgan fingerprint density at radius 3 is 2.62 bits per heavy atom. The number of aromatic nitrogens is 3. The number of pyridine rings is 1. The van der Waals surface area contributed by atoms with Crippen molar-refractivity contribution in [2.24, 2.45) is 0 Å². The SMILES string of the molecule is CN1CCn2nc(-c3ccc(F)cc3)c(-c3ccnc(NC(=O)CN4CCCC4)c3)c2C1. The minimum Gasteiger partial charge on any atom is -0.310 e. The summed E-state index contributed by atoms with van der Waals surface area (Å²) in [6.07, 6.45) is 4.01. The minimum absolute atomic E-state index is 0.0490. The lowest BCUT2D eigenvalue weighted by molar-refractivity contribution is -0.117. The van der Waals surface area contributed by atoms with Crippen molar-refractivity contribution in [1.29, 1.82) is 0 Å². The zero-order valence-electron chi connectivity index (χ0n) is 18.2. The predicted octanol–water partition coefficient (Wildman–Crippen LogP) is 3.23. The molecule has 166 valence electrons. The second-order valence-corrected chi connectivity index (χ2v) is 8.60. The van der Waals surface area contributed by atoms with Crippen LogP contribution in [0.5, 0.6) is 0 Å². The van der Waals surface area contributed by atoms with Gasteiger partial charge in [0.25, 0.3) is 0 Å². The van der Waals surface area contributed by atoms with Gasteiger partial charge in [0.15, 0.2) is 0 Å². The highest BCUT2D eigenvalue weighted by atomic mass is 19.1. The Hall–Kier alpha value is -3.10. The lowest BCUT2D eigenvalue weighted by atomic mass is 9.98. The lowest BCUT2D eigenvalue weighted by Crippen LogP contribution is -2.31. The molecule has 0 unspecified atom stereocenters. The van der Waals surface area contributed by atoms with Gasteiger partial charge in [-0.15, -0.1) is 0 Å². The van der Waals surface area contributed by atoms with Crippen LogP contribution in [0.3, 0.4) is 0 Å². The van der Waals surface area contributed by atoms with E-state index in [4.69, 9.17) is 5.10 Å². The Bertz CT molecular complexity index is 1120. The molecule has 0 spiro atoms. The van der Waals surface area contributed by atoms with Gasteiger partial charge < -0.3 is 5.32 Å². The van der Waals surface area contributed by atoms with Crippen molar-refractivity contribution in [2.75, 3.05) is 38.5 Å². The van der Waals surface area contributed by atoms with Gasteiger partial charge in [0.05, 0.1) is 18.8 Å². The van der Waals surface area contributed by atoms with Crippen molar-refractivity contribution < 1.29 is 9.18 Å². The molecule has 2 aliphatic heterocycles. The summed E-state index contributed by atoms with van der Waals surface area (Å²) in [5, 5.41) is 7.82. The number of likely N-dealkylation sites (N-methyl/N-ethyl adjacent to an activating group) is 1. The highest BCUT2D eigenvalue weighted by Crippen LogP contribution is 2.37. The molecule has 0 atom stereocenters. The van der Waals surface area contributed by atoms with Crippen molar-refractivity contribution in [1.82, 2.24) is 24.6 Å². The summed E-state index contributed by atoms with van der Waals surface area (Å²) in [6, 6.07) is 10.3. The third kappa shape index (κ3) is 4.28. The number of anilines is 1. The Kier molecular flexibility index (Phi) is 5.71. The van der Waals surface area contributed by atoms with Crippen LogP contribution in [-0.2, 0) is 17.9 Å². The molecule has 0 bridgehead atoms. The molecule has 8 heteroatoms. The maximum atomic E-state index is 13.5. The number of hydrogen-bond acceptors (Lipinski definition) is 5. The van der Waals surface area contributed by atoms with Crippen LogP contribution in [0.15, 0.2) is 42.6 Å². The van der Waals surface area contributed by atoms with Crippen LogP contribution in [0.4, 0.5) is 10.2 Å². The number of amides is 1. The van der Waals surface area contributed by atoms with Gasteiger partial charge in [0, 0.05) is 30.4 Å². The Labute approximate surface area is 186 Å². The maximum Gasteiger partial charge on any atom is 0.239 e. The molecule has 0 aliphatic carbocycles. The summed E-state index contributed by atoms with van der Waals surface area (Å²) in [5.74, 6) is 0.207. The summed E-state index contributed by atoms with van der Waals surface area (Å²) < 4.78 is 15.6. The van der Waals surface area contributed by atoms with Crippen LogP contribution in [-0.4, -0.2) is 63.7 Å². The molecular formula is C24H27FN6O. The zero-order chi connectivity index (χ0) is 22.1. The predicted molar refractivity (Wildman–Crippen MR) is 121 cm³/mol. The van der Waals surface area contributed by atoms with Crippen LogP contribution in [0, 0.1) is 5.82 Å². The van der Waals surface area contributed by atoms with Crippen LogP contribution >= 0.6 is 0 Å². The molecule has 3 aromatic rings. The molecule has 1 fully saturated rings. The number of likely N-dealkylation sites (tertiary alicyclic amines) is 1. The van der Waals surface area contributed by atoms with Crippen molar-refractivity contribution in [3.8, 4) is 22.4 Å². The lowest BCUT2D eigenvalue weighted by Gasteiger charge is -2.24. The number of benzene rings is 1. The zero-order valence-corrected chi connectivity index (χ0v) is 18.2. The summed E-state index contributed by atoms with van der Waals surface area (Å²) in [7, 11) is 2.09. The molecule has 1 saturated heterocycles. The van der Waals surface area contributed by atoms with Crippen molar-refractivity contribution in [2.45, 2.75) is 25.9 Å². The van der Waals surface area contributed by atoms with E-state index in [1.165, 1.54) is 12.1 Å². The van der Waals surface area contributed by atoms with Gasteiger partial charge >= 0.3 is 0 Å². The molecule has 7 nitrogen and oxygen atoms in total. The normalized spacial score (nSPS) is 16.8. The second-order valence-electron chi connectivity index (χ2n) is 8.60. The van der Waals surface area contributed by atoms with E-state index in [1.54, 1.807) is 18.3 Å². The highest BCUT2D eigenvalue weighted by Gasteiger charge is 2.25. The highest BCUT2D eigenvalue weighted by molar-refractivity contribution is 5.92. The van der Waals surface area contributed by atoms with E-state index in [9.17, 15) is 9.18 Å². The van der Waals surface area contributed by atoms with Gasteiger partial charge in [0.1, 0.15) is 17.3 Å². The molecule has 1 aromatic carbocycles. The van der Waals surface area contributed by atoms with Crippen LogP contribution in [0.2, 0.25) is 0 Å². The number of rotatable bonds is 5. The van der Waals surface area contributed by atoms with Gasteiger partial charge in [-0.25, -0.2) is 9.37 Å². The molecule has 0 saturated carbocycles. The number of halogens is 1. The molecule has 1 N–H and O–H groups in total.